The van der Waals surface area contributed by atoms with Crippen molar-refractivity contribution in [2.24, 2.45) is 5.92 Å². The van der Waals surface area contributed by atoms with E-state index in [2.05, 4.69) is 10.3 Å². The highest BCUT2D eigenvalue weighted by Gasteiger charge is 2.37. The van der Waals surface area contributed by atoms with Gasteiger partial charge in [-0.1, -0.05) is 11.6 Å². The Morgan fingerprint density at radius 3 is 2.81 bits per heavy atom. The van der Waals surface area contributed by atoms with Crippen LogP contribution >= 0.6 is 11.6 Å². The average molecular weight is 312 g/mol. The second kappa shape index (κ2) is 5.79. The maximum Gasteiger partial charge on any atom is 0.223 e. The fourth-order valence-electron chi connectivity index (χ4n) is 2.64. The Hall–Kier alpha value is -1.36. The molecule has 1 aromatic heterocycles. The smallest absolute Gasteiger partial charge is 0.223 e. The maximum absolute atomic E-state index is 14.7. The number of hydrogen-bond donors (Lipinski definition) is 1. The molecule has 1 aliphatic carbocycles. The van der Waals surface area contributed by atoms with E-state index in [0.717, 1.165) is 12.8 Å². The molecule has 1 saturated carbocycles. The highest BCUT2D eigenvalue weighted by atomic mass is 35.5. The first kappa shape index (κ1) is 14.6. The number of rotatable bonds is 4. The van der Waals surface area contributed by atoms with Crippen molar-refractivity contribution in [2.75, 3.05) is 24.5 Å². The Labute approximate surface area is 128 Å². The number of pyridine rings is 1. The van der Waals surface area contributed by atoms with E-state index in [1.54, 1.807) is 18.3 Å². The SMILES string of the molecule is O=C(NCC1(F)CCN(c2ncccc2Cl)CC1)C1CC1. The van der Waals surface area contributed by atoms with Gasteiger partial charge in [-0.15, -0.1) is 0 Å². The third-order valence-electron chi connectivity index (χ3n) is 4.23. The van der Waals surface area contributed by atoms with Crippen molar-refractivity contribution in [3.05, 3.63) is 23.4 Å². The number of carbonyl (C=O) groups excluding carboxylic acids is 1. The number of carbonyl (C=O) groups is 1. The molecule has 0 aromatic carbocycles. The molecule has 4 nitrogen and oxygen atoms in total. The highest BCUT2D eigenvalue weighted by Crippen LogP contribution is 2.32. The minimum absolute atomic E-state index is 0.00206. The van der Waals surface area contributed by atoms with Gasteiger partial charge in [0.25, 0.3) is 0 Å². The van der Waals surface area contributed by atoms with Gasteiger partial charge in [0.05, 0.1) is 11.6 Å². The Bertz CT molecular complexity index is 527. The highest BCUT2D eigenvalue weighted by molar-refractivity contribution is 6.32. The normalized spacial score (nSPS) is 21.1. The molecular weight excluding hydrogens is 293 g/mol. The summed E-state index contributed by atoms with van der Waals surface area (Å²) in [5.41, 5.74) is -1.32. The van der Waals surface area contributed by atoms with Crippen LogP contribution in [-0.2, 0) is 4.79 Å². The molecule has 6 heteroatoms. The van der Waals surface area contributed by atoms with Crippen molar-refractivity contribution in [1.29, 1.82) is 0 Å². The number of hydrogen-bond acceptors (Lipinski definition) is 3. The van der Waals surface area contributed by atoms with Crippen molar-refractivity contribution in [2.45, 2.75) is 31.4 Å². The van der Waals surface area contributed by atoms with E-state index in [0.29, 0.717) is 36.8 Å². The molecule has 3 rings (SSSR count). The van der Waals surface area contributed by atoms with Crippen molar-refractivity contribution in [1.82, 2.24) is 10.3 Å². The van der Waals surface area contributed by atoms with Gasteiger partial charge in [-0.3, -0.25) is 4.79 Å². The molecule has 21 heavy (non-hydrogen) atoms. The molecule has 2 heterocycles. The molecule has 114 valence electrons. The van der Waals surface area contributed by atoms with Crippen LogP contribution in [0.4, 0.5) is 10.2 Å². The van der Waals surface area contributed by atoms with E-state index in [1.165, 1.54) is 0 Å². The number of nitrogens with zero attached hydrogens (tertiary/aromatic N) is 2. The van der Waals surface area contributed by atoms with Crippen molar-refractivity contribution >= 4 is 23.3 Å². The van der Waals surface area contributed by atoms with Crippen molar-refractivity contribution < 1.29 is 9.18 Å². The summed E-state index contributed by atoms with van der Waals surface area (Å²) in [4.78, 5) is 17.9. The molecule has 1 amide bonds. The third-order valence-corrected chi connectivity index (χ3v) is 4.52. The summed E-state index contributed by atoms with van der Waals surface area (Å²) in [5, 5.41) is 3.34. The van der Waals surface area contributed by atoms with Gasteiger partial charge in [-0.25, -0.2) is 9.37 Å². The minimum atomic E-state index is -1.32. The summed E-state index contributed by atoms with van der Waals surface area (Å²) in [6.07, 6.45) is 4.33. The molecule has 1 N–H and O–H groups in total. The third kappa shape index (κ3) is 3.46. The van der Waals surface area contributed by atoms with Gasteiger partial charge in [0.15, 0.2) is 0 Å². The summed E-state index contributed by atoms with van der Waals surface area (Å²) in [7, 11) is 0. The molecule has 1 aliphatic heterocycles. The zero-order valence-electron chi connectivity index (χ0n) is 11.8. The Morgan fingerprint density at radius 2 is 2.19 bits per heavy atom. The largest absolute Gasteiger partial charge is 0.355 e. The van der Waals surface area contributed by atoms with Crippen LogP contribution in [0.1, 0.15) is 25.7 Å². The van der Waals surface area contributed by atoms with Gasteiger partial charge < -0.3 is 10.2 Å². The topological polar surface area (TPSA) is 45.2 Å². The summed E-state index contributed by atoms with van der Waals surface area (Å²) >= 11 is 6.12. The maximum atomic E-state index is 14.7. The number of amides is 1. The van der Waals surface area contributed by atoms with Gasteiger partial charge in [0, 0.05) is 38.0 Å². The van der Waals surface area contributed by atoms with Crippen molar-refractivity contribution in [3.63, 3.8) is 0 Å². The summed E-state index contributed by atoms with van der Waals surface area (Å²) in [5.74, 6) is 0.839. The van der Waals surface area contributed by atoms with Gasteiger partial charge in [-0.05, 0) is 25.0 Å². The number of piperidine rings is 1. The summed E-state index contributed by atoms with van der Waals surface area (Å²) in [6.45, 7) is 1.24. The fraction of sp³-hybridized carbons (Fsp3) is 0.600. The molecule has 1 aromatic rings. The molecule has 0 unspecified atom stereocenters. The van der Waals surface area contributed by atoms with E-state index in [9.17, 15) is 9.18 Å². The van der Waals surface area contributed by atoms with Crippen LogP contribution in [0.25, 0.3) is 0 Å². The zero-order chi connectivity index (χ0) is 14.9. The molecular formula is C15H19ClFN3O. The monoisotopic (exact) mass is 311 g/mol. The lowest BCUT2D eigenvalue weighted by molar-refractivity contribution is -0.123. The van der Waals surface area contributed by atoms with Crippen LogP contribution in [0, 0.1) is 5.92 Å². The predicted octanol–water partition coefficient (Wildman–Crippen LogP) is 2.57. The Kier molecular flexibility index (Phi) is 4.02. The quantitative estimate of drug-likeness (QED) is 0.929. The standard InChI is InChI=1S/C15H19ClFN3O/c16-12-2-1-7-18-13(12)20-8-5-15(17,6-9-20)10-19-14(21)11-3-4-11/h1-2,7,11H,3-6,8-10H2,(H,19,21). The number of nitrogens with one attached hydrogen (secondary N) is 1. The molecule has 0 bridgehead atoms. The lowest BCUT2D eigenvalue weighted by atomic mass is 9.93. The predicted molar refractivity (Wildman–Crippen MR) is 80.3 cm³/mol. The zero-order valence-corrected chi connectivity index (χ0v) is 12.6. The van der Waals surface area contributed by atoms with E-state index >= 15 is 0 Å². The number of aromatic nitrogens is 1. The number of anilines is 1. The number of alkyl halides is 1. The molecule has 2 fully saturated rings. The number of halogens is 2. The average Bonchev–Trinajstić information content (AvgIpc) is 3.31. The van der Waals surface area contributed by atoms with E-state index in [1.807, 2.05) is 4.90 Å². The molecule has 0 atom stereocenters. The lowest BCUT2D eigenvalue weighted by Gasteiger charge is -2.37. The molecule has 1 saturated heterocycles. The fourth-order valence-corrected chi connectivity index (χ4v) is 2.88. The van der Waals surface area contributed by atoms with Gasteiger partial charge in [0.1, 0.15) is 11.5 Å². The second-order valence-corrected chi connectivity index (χ2v) is 6.35. The van der Waals surface area contributed by atoms with E-state index < -0.39 is 5.67 Å². The minimum Gasteiger partial charge on any atom is -0.355 e. The van der Waals surface area contributed by atoms with E-state index in [4.69, 9.17) is 11.6 Å². The summed E-state index contributed by atoms with van der Waals surface area (Å²) in [6, 6.07) is 3.57. The molecule has 0 radical (unpaired) electrons. The Balaban J connectivity index is 1.54. The first-order chi connectivity index (χ1) is 10.1. The van der Waals surface area contributed by atoms with Crippen LogP contribution in [-0.4, -0.2) is 36.2 Å². The van der Waals surface area contributed by atoms with Gasteiger partial charge in [-0.2, -0.15) is 0 Å². The van der Waals surface area contributed by atoms with Gasteiger partial charge in [0.2, 0.25) is 5.91 Å². The van der Waals surface area contributed by atoms with E-state index in [-0.39, 0.29) is 18.4 Å². The van der Waals surface area contributed by atoms with Gasteiger partial charge >= 0.3 is 0 Å². The van der Waals surface area contributed by atoms with Crippen LogP contribution in [0.2, 0.25) is 5.02 Å². The molecule has 2 aliphatic rings. The lowest BCUT2D eigenvalue weighted by Crippen LogP contribution is -2.48. The first-order valence-electron chi connectivity index (χ1n) is 7.39. The Morgan fingerprint density at radius 1 is 1.48 bits per heavy atom. The summed E-state index contributed by atoms with van der Waals surface area (Å²) < 4.78 is 14.7. The second-order valence-electron chi connectivity index (χ2n) is 5.94. The van der Waals surface area contributed by atoms with Crippen LogP contribution in [0.15, 0.2) is 18.3 Å². The van der Waals surface area contributed by atoms with Crippen LogP contribution in [0.3, 0.4) is 0 Å². The van der Waals surface area contributed by atoms with Crippen LogP contribution < -0.4 is 10.2 Å². The first-order valence-corrected chi connectivity index (χ1v) is 7.77. The van der Waals surface area contributed by atoms with Crippen LogP contribution in [0.5, 0.6) is 0 Å². The molecule has 0 spiro atoms. The van der Waals surface area contributed by atoms with Crippen molar-refractivity contribution in [3.8, 4) is 0 Å².